The van der Waals surface area contributed by atoms with Crippen LogP contribution in [0.15, 0.2) is 97.2 Å². The van der Waals surface area contributed by atoms with Crippen LogP contribution in [-0.4, -0.2) is 37.2 Å². The number of ether oxygens (including phenoxy) is 3. The minimum atomic E-state index is -0.809. The zero-order valence-electron chi connectivity index (χ0n) is 38.7. The van der Waals surface area contributed by atoms with Crippen molar-refractivity contribution < 1.29 is 28.6 Å². The zero-order valence-corrected chi connectivity index (χ0v) is 38.7. The van der Waals surface area contributed by atoms with E-state index in [4.69, 9.17) is 14.2 Å². The first-order valence-electron chi connectivity index (χ1n) is 24.3. The van der Waals surface area contributed by atoms with Gasteiger partial charge in [0.2, 0.25) is 0 Å². The molecule has 0 saturated heterocycles. The molecule has 6 nitrogen and oxygen atoms in total. The summed E-state index contributed by atoms with van der Waals surface area (Å²) in [5.74, 6) is -0.981. The summed E-state index contributed by atoms with van der Waals surface area (Å²) in [6, 6.07) is 0. The van der Waals surface area contributed by atoms with E-state index < -0.39 is 6.10 Å². The van der Waals surface area contributed by atoms with Crippen LogP contribution in [0, 0.1) is 0 Å². The highest BCUT2D eigenvalue weighted by Crippen LogP contribution is 2.13. The minimum absolute atomic E-state index is 0.106. The van der Waals surface area contributed by atoms with Gasteiger partial charge < -0.3 is 14.2 Å². The van der Waals surface area contributed by atoms with E-state index in [1.165, 1.54) is 57.8 Å². The maximum Gasteiger partial charge on any atom is 0.306 e. The molecule has 1 unspecified atom stereocenters. The van der Waals surface area contributed by atoms with Crippen molar-refractivity contribution in [1.82, 2.24) is 0 Å². The van der Waals surface area contributed by atoms with E-state index in [-0.39, 0.29) is 37.5 Å². The van der Waals surface area contributed by atoms with Gasteiger partial charge in [0.15, 0.2) is 6.10 Å². The molecule has 0 spiro atoms. The van der Waals surface area contributed by atoms with Gasteiger partial charge >= 0.3 is 17.9 Å². The van der Waals surface area contributed by atoms with E-state index >= 15 is 0 Å². The first-order valence-corrected chi connectivity index (χ1v) is 24.3. The second-order valence-electron chi connectivity index (χ2n) is 15.8. The van der Waals surface area contributed by atoms with Gasteiger partial charge in [0.25, 0.3) is 0 Å². The number of hydrogen-bond acceptors (Lipinski definition) is 6. The number of carbonyl (C=O) groups is 3. The van der Waals surface area contributed by atoms with Gasteiger partial charge in [-0.3, -0.25) is 14.4 Å². The fourth-order valence-electron chi connectivity index (χ4n) is 6.33. The Morgan fingerprint density at radius 2 is 0.667 bits per heavy atom. The summed E-state index contributed by atoms with van der Waals surface area (Å²) in [6.45, 7) is 6.28. The number of allylic oxidation sites excluding steroid dienone is 16. The third kappa shape index (κ3) is 45.4. The fourth-order valence-corrected chi connectivity index (χ4v) is 6.33. The number of esters is 3. The van der Waals surface area contributed by atoms with Gasteiger partial charge in [0.1, 0.15) is 13.2 Å². The van der Waals surface area contributed by atoms with Gasteiger partial charge in [-0.25, -0.2) is 0 Å². The molecule has 0 fully saturated rings. The molecule has 6 heteroatoms. The Morgan fingerprint density at radius 3 is 1.08 bits per heavy atom. The smallest absolute Gasteiger partial charge is 0.306 e. The first-order chi connectivity index (χ1) is 29.5. The molecular formula is C54H88O6. The Kier molecular flexibility index (Phi) is 45.1. The lowest BCUT2D eigenvalue weighted by Crippen LogP contribution is -2.30. The summed E-state index contributed by atoms with van der Waals surface area (Å²) >= 11 is 0. The van der Waals surface area contributed by atoms with E-state index in [0.29, 0.717) is 19.3 Å². The number of rotatable bonds is 42. The molecule has 0 aliphatic carbocycles. The molecule has 0 aliphatic rings. The topological polar surface area (TPSA) is 78.9 Å². The fraction of sp³-hybridized carbons (Fsp3) is 0.648. The van der Waals surface area contributed by atoms with Crippen LogP contribution in [0.1, 0.15) is 207 Å². The quantitative estimate of drug-likeness (QED) is 0.0200. The van der Waals surface area contributed by atoms with Gasteiger partial charge in [0, 0.05) is 19.3 Å². The van der Waals surface area contributed by atoms with Crippen LogP contribution in [0.4, 0.5) is 0 Å². The normalized spacial score (nSPS) is 12.9. The molecule has 0 aliphatic heterocycles. The van der Waals surface area contributed by atoms with Crippen LogP contribution in [0.2, 0.25) is 0 Å². The zero-order chi connectivity index (χ0) is 43.7. The summed E-state index contributed by atoms with van der Waals surface area (Å²) in [6.07, 6.45) is 62.5. The van der Waals surface area contributed by atoms with Crippen LogP contribution < -0.4 is 0 Å². The first kappa shape index (κ1) is 56.3. The molecule has 0 aromatic carbocycles. The number of carbonyl (C=O) groups excluding carboxylic acids is 3. The van der Waals surface area contributed by atoms with Crippen molar-refractivity contribution in [3.8, 4) is 0 Å². The van der Waals surface area contributed by atoms with E-state index in [1.807, 2.05) is 36.5 Å². The van der Waals surface area contributed by atoms with Crippen LogP contribution in [0.25, 0.3) is 0 Å². The van der Waals surface area contributed by atoms with E-state index in [9.17, 15) is 14.4 Å². The van der Waals surface area contributed by atoms with E-state index in [2.05, 4.69) is 81.5 Å². The Balaban J connectivity index is 4.48. The summed E-state index contributed by atoms with van der Waals surface area (Å²) < 4.78 is 16.7. The van der Waals surface area contributed by atoms with Crippen LogP contribution in [-0.2, 0) is 28.6 Å². The van der Waals surface area contributed by atoms with E-state index in [1.54, 1.807) is 0 Å². The van der Waals surface area contributed by atoms with Crippen molar-refractivity contribution in [1.29, 1.82) is 0 Å². The molecule has 0 bridgehead atoms. The van der Waals surface area contributed by atoms with Crippen molar-refractivity contribution in [3.05, 3.63) is 97.2 Å². The van der Waals surface area contributed by atoms with Crippen LogP contribution in [0.3, 0.4) is 0 Å². The molecule has 0 saturated carbocycles. The molecule has 0 heterocycles. The molecule has 340 valence electrons. The molecule has 0 aromatic heterocycles. The number of hydrogen-bond donors (Lipinski definition) is 0. The average Bonchev–Trinajstić information content (AvgIpc) is 3.24. The molecule has 0 rings (SSSR count). The highest BCUT2D eigenvalue weighted by Gasteiger charge is 2.19. The van der Waals surface area contributed by atoms with Crippen LogP contribution >= 0.6 is 0 Å². The van der Waals surface area contributed by atoms with Crippen molar-refractivity contribution in [2.75, 3.05) is 13.2 Å². The molecule has 0 aromatic rings. The SMILES string of the molecule is CC/C=C/C=C/C=C/C=C/CCCCCC(=O)OC(COC(=O)CCCCCCC/C=C/C=C/C=C/CC)COC(=O)CCCCCCC/C=C/CCCCCCCCC. The lowest BCUT2D eigenvalue weighted by molar-refractivity contribution is -0.167. The Morgan fingerprint density at radius 1 is 0.350 bits per heavy atom. The van der Waals surface area contributed by atoms with E-state index in [0.717, 1.165) is 103 Å². The Labute approximate surface area is 368 Å². The Hall–Kier alpha value is -3.67. The van der Waals surface area contributed by atoms with Gasteiger partial charge in [0.05, 0.1) is 0 Å². The van der Waals surface area contributed by atoms with Crippen molar-refractivity contribution >= 4 is 17.9 Å². The summed E-state index contributed by atoms with van der Waals surface area (Å²) in [7, 11) is 0. The van der Waals surface area contributed by atoms with Gasteiger partial charge in [-0.15, -0.1) is 0 Å². The standard InChI is InChI=1S/C54H88O6/c1-4-7-10-13-16-19-22-25-26-27-30-32-35-38-41-44-47-53(56)59-50-51(60-54(57)48-45-42-39-36-33-29-24-21-18-15-12-9-6-3)49-58-52(55)46-43-40-37-34-31-28-23-20-17-14-11-8-5-2/h8-9,11-12,14-15,17-18,20-21,23-24,26-27,29,33,51H,4-7,10,13,16,19,22,25,28,30-32,34-50H2,1-3H3/b11-8+,12-9+,17-14+,18-15+,23-20+,24-21+,27-26+,33-29+. The summed E-state index contributed by atoms with van der Waals surface area (Å²) in [5, 5.41) is 0. The highest BCUT2D eigenvalue weighted by atomic mass is 16.6. The second kappa shape index (κ2) is 48.0. The predicted molar refractivity (Wildman–Crippen MR) is 256 cm³/mol. The van der Waals surface area contributed by atoms with Gasteiger partial charge in [-0.1, -0.05) is 201 Å². The summed E-state index contributed by atoms with van der Waals surface area (Å²) in [5.41, 5.74) is 0. The average molecular weight is 833 g/mol. The third-order valence-electron chi connectivity index (χ3n) is 9.96. The summed E-state index contributed by atoms with van der Waals surface area (Å²) in [4.78, 5) is 37.9. The van der Waals surface area contributed by atoms with Crippen molar-refractivity contribution in [3.63, 3.8) is 0 Å². The second-order valence-corrected chi connectivity index (χ2v) is 15.8. The monoisotopic (exact) mass is 833 g/mol. The number of unbranched alkanes of at least 4 members (excludes halogenated alkanes) is 20. The maximum absolute atomic E-state index is 12.7. The Bertz CT molecular complexity index is 1230. The van der Waals surface area contributed by atoms with Crippen molar-refractivity contribution in [2.24, 2.45) is 0 Å². The van der Waals surface area contributed by atoms with Gasteiger partial charge in [-0.2, -0.15) is 0 Å². The lowest BCUT2D eigenvalue weighted by Gasteiger charge is -2.18. The van der Waals surface area contributed by atoms with Crippen molar-refractivity contribution in [2.45, 2.75) is 213 Å². The molecule has 60 heavy (non-hydrogen) atoms. The highest BCUT2D eigenvalue weighted by molar-refractivity contribution is 5.71. The molecule has 0 radical (unpaired) electrons. The largest absolute Gasteiger partial charge is 0.462 e. The molecular weight excluding hydrogens is 745 g/mol. The predicted octanol–water partition coefficient (Wildman–Crippen LogP) is 15.8. The molecule has 1 atom stereocenters. The van der Waals surface area contributed by atoms with Gasteiger partial charge in [-0.05, 0) is 83.5 Å². The minimum Gasteiger partial charge on any atom is -0.462 e. The molecule has 0 N–H and O–H groups in total. The maximum atomic E-state index is 12.7. The third-order valence-corrected chi connectivity index (χ3v) is 9.96. The molecule has 0 amide bonds. The van der Waals surface area contributed by atoms with Crippen LogP contribution in [0.5, 0.6) is 0 Å². The lowest BCUT2D eigenvalue weighted by atomic mass is 10.1.